The van der Waals surface area contributed by atoms with Gasteiger partial charge in [0.15, 0.2) is 11.6 Å². The molecule has 18 heavy (non-hydrogen) atoms. The minimum Gasteiger partial charge on any atom is -0.454 e. The van der Waals surface area contributed by atoms with Crippen LogP contribution in [-0.2, 0) is 5.88 Å². The van der Waals surface area contributed by atoms with E-state index in [1.165, 1.54) is 24.3 Å². The predicted octanol–water partition coefficient (Wildman–Crippen LogP) is 5.15. The molecule has 0 saturated heterocycles. The van der Waals surface area contributed by atoms with E-state index in [2.05, 4.69) is 0 Å². The lowest BCUT2D eigenvalue weighted by Crippen LogP contribution is -1.93. The maximum Gasteiger partial charge on any atom is 0.167 e. The van der Waals surface area contributed by atoms with Crippen LogP contribution in [0.4, 0.5) is 8.78 Å². The minimum absolute atomic E-state index is 0.0233. The number of hydrogen-bond donors (Lipinski definition) is 0. The van der Waals surface area contributed by atoms with Crippen molar-refractivity contribution >= 4 is 23.2 Å². The van der Waals surface area contributed by atoms with Crippen molar-refractivity contribution in [2.45, 2.75) is 5.88 Å². The van der Waals surface area contributed by atoms with Gasteiger partial charge in [-0.1, -0.05) is 23.7 Å². The monoisotopic (exact) mass is 288 g/mol. The number of alkyl halides is 1. The molecule has 0 radical (unpaired) electrons. The van der Waals surface area contributed by atoms with Gasteiger partial charge in [-0.25, -0.2) is 8.78 Å². The van der Waals surface area contributed by atoms with Gasteiger partial charge >= 0.3 is 0 Å². The second-order valence-electron chi connectivity index (χ2n) is 3.54. The molecule has 2 rings (SSSR count). The zero-order valence-electron chi connectivity index (χ0n) is 9.09. The Bertz CT molecular complexity index is 573. The lowest BCUT2D eigenvalue weighted by atomic mass is 10.2. The number of halogens is 4. The third-order valence-corrected chi connectivity index (χ3v) is 2.88. The average molecular weight is 289 g/mol. The zero-order chi connectivity index (χ0) is 13.1. The van der Waals surface area contributed by atoms with Gasteiger partial charge in [-0.3, -0.25) is 0 Å². The number of ether oxygens (including phenoxy) is 1. The Hall–Kier alpha value is -1.32. The Balaban J connectivity index is 2.36. The van der Waals surface area contributed by atoms with Gasteiger partial charge in [-0.05, 0) is 18.2 Å². The molecule has 0 bridgehead atoms. The second kappa shape index (κ2) is 5.55. The topological polar surface area (TPSA) is 9.23 Å². The van der Waals surface area contributed by atoms with Crippen molar-refractivity contribution in [2.75, 3.05) is 0 Å². The molecule has 0 aliphatic rings. The van der Waals surface area contributed by atoms with Gasteiger partial charge in [0, 0.05) is 11.6 Å². The summed E-state index contributed by atoms with van der Waals surface area (Å²) in [5, 5.41) is -0.0868. The van der Waals surface area contributed by atoms with Crippen molar-refractivity contribution in [1.82, 2.24) is 0 Å². The van der Waals surface area contributed by atoms with Crippen molar-refractivity contribution < 1.29 is 13.5 Å². The molecule has 0 N–H and O–H groups in total. The van der Waals surface area contributed by atoms with Crippen LogP contribution in [0.3, 0.4) is 0 Å². The van der Waals surface area contributed by atoms with Crippen LogP contribution in [0.25, 0.3) is 0 Å². The normalized spacial score (nSPS) is 10.4. The van der Waals surface area contributed by atoms with Crippen molar-refractivity contribution in [2.24, 2.45) is 0 Å². The first-order valence-electron chi connectivity index (χ1n) is 5.08. The van der Waals surface area contributed by atoms with Crippen LogP contribution in [0.2, 0.25) is 5.02 Å². The van der Waals surface area contributed by atoms with Crippen LogP contribution in [0, 0.1) is 11.6 Å². The highest BCUT2D eigenvalue weighted by atomic mass is 35.5. The standard InChI is InChI=1S/C13H8Cl2F2O/c14-7-8-2-1-3-12(17)13(8)18-9-4-5-11(16)10(15)6-9/h1-6H,7H2. The molecule has 0 saturated carbocycles. The highest BCUT2D eigenvalue weighted by molar-refractivity contribution is 6.30. The average Bonchev–Trinajstić information content (AvgIpc) is 2.36. The van der Waals surface area contributed by atoms with E-state index in [9.17, 15) is 8.78 Å². The van der Waals surface area contributed by atoms with Crippen molar-refractivity contribution in [3.8, 4) is 11.5 Å². The Kier molecular flexibility index (Phi) is 4.04. The predicted molar refractivity (Wildman–Crippen MR) is 67.4 cm³/mol. The Labute approximate surface area is 113 Å². The lowest BCUT2D eigenvalue weighted by molar-refractivity contribution is 0.437. The first-order chi connectivity index (χ1) is 8.61. The molecule has 0 fully saturated rings. The van der Waals surface area contributed by atoms with Gasteiger partial charge in [0.2, 0.25) is 0 Å². The second-order valence-corrected chi connectivity index (χ2v) is 4.21. The molecule has 0 atom stereocenters. The number of rotatable bonds is 3. The van der Waals surface area contributed by atoms with E-state index in [4.69, 9.17) is 27.9 Å². The zero-order valence-corrected chi connectivity index (χ0v) is 10.6. The molecule has 0 aliphatic heterocycles. The van der Waals surface area contributed by atoms with Crippen molar-refractivity contribution in [1.29, 1.82) is 0 Å². The fourth-order valence-electron chi connectivity index (χ4n) is 1.43. The summed E-state index contributed by atoms with van der Waals surface area (Å²) in [5.41, 5.74) is 0.511. The summed E-state index contributed by atoms with van der Waals surface area (Å²) in [6, 6.07) is 8.25. The number of para-hydroxylation sites is 1. The molecular weight excluding hydrogens is 281 g/mol. The summed E-state index contributed by atoms with van der Waals surface area (Å²) in [4.78, 5) is 0. The summed E-state index contributed by atoms with van der Waals surface area (Å²) in [6.45, 7) is 0. The Morgan fingerprint density at radius 3 is 2.50 bits per heavy atom. The first-order valence-corrected chi connectivity index (χ1v) is 5.99. The van der Waals surface area contributed by atoms with Gasteiger partial charge in [0.1, 0.15) is 11.6 Å². The Morgan fingerprint density at radius 1 is 1.06 bits per heavy atom. The van der Waals surface area contributed by atoms with Gasteiger partial charge in [0.25, 0.3) is 0 Å². The van der Waals surface area contributed by atoms with Crippen molar-refractivity contribution in [3.63, 3.8) is 0 Å². The molecule has 0 unspecified atom stereocenters. The molecule has 0 spiro atoms. The van der Waals surface area contributed by atoms with E-state index in [0.29, 0.717) is 5.56 Å². The van der Waals surface area contributed by atoms with Gasteiger partial charge in [-0.15, -0.1) is 11.6 Å². The van der Waals surface area contributed by atoms with E-state index in [1.807, 2.05) is 0 Å². The van der Waals surface area contributed by atoms with Crippen LogP contribution in [0.1, 0.15) is 5.56 Å². The first kappa shape index (κ1) is 13.1. The maximum absolute atomic E-state index is 13.6. The van der Waals surface area contributed by atoms with Gasteiger partial charge in [-0.2, -0.15) is 0 Å². The van der Waals surface area contributed by atoms with E-state index in [-0.39, 0.29) is 22.4 Å². The van der Waals surface area contributed by atoms with Crippen molar-refractivity contribution in [3.05, 3.63) is 58.6 Å². The molecule has 0 aromatic heterocycles. The van der Waals surface area contributed by atoms with Crippen LogP contribution in [-0.4, -0.2) is 0 Å². The molecule has 0 heterocycles. The lowest BCUT2D eigenvalue weighted by Gasteiger charge is -2.10. The summed E-state index contributed by atoms with van der Waals surface area (Å²) < 4.78 is 31.9. The fraction of sp³-hybridized carbons (Fsp3) is 0.0769. The molecule has 0 aliphatic carbocycles. The highest BCUT2D eigenvalue weighted by Crippen LogP contribution is 2.31. The van der Waals surface area contributed by atoms with Crippen LogP contribution >= 0.6 is 23.2 Å². The molecular formula is C13H8Cl2F2O. The third kappa shape index (κ3) is 2.74. The van der Waals surface area contributed by atoms with Crippen LogP contribution in [0.5, 0.6) is 11.5 Å². The summed E-state index contributed by atoms with van der Waals surface area (Å²) in [7, 11) is 0. The van der Waals surface area contributed by atoms with Gasteiger partial charge < -0.3 is 4.74 Å². The molecule has 2 aromatic rings. The SMILES string of the molecule is Fc1ccc(Oc2c(F)cccc2CCl)cc1Cl. The number of benzene rings is 2. The minimum atomic E-state index is -0.560. The van der Waals surface area contributed by atoms with E-state index in [0.717, 1.165) is 6.07 Å². The summed E-state index contributed by atoms with van der Waals surface area (Å²) in [6.07, 6.45) is 0. The maximum atomic E-state index is 13.6. The molecule has 5 heteroatoms. The smallest absolute Gasteiger partial charge is 0.167 e. The quantitative estimate of drug-likeness (QED) is 0.710. The largest absolute Gasteiger partial charge is 0.454 e. The van der Waals surface area contributed by atoms with Crippen LogP contribution in [0.15, 0.2) is 36.4 Å². The van der Waals surface area contributed by atoms with E-state index in [1.54, 1.807) is 6.07 Å². The fourth-order valence-corrected chi connectivity index (χ4v) is 1.81. The Morgan fingerprint density at radius 2 is 1.83 bits per heavy atom. The molecule has 2 aromatic carbocycles. The van der Waals surface area contributed by atoms with E-state index >= 15 is 0 Å². The highest BCUT2D eigenvalue weighted by Gasteiger charge is 2.11. The summed E-state index contributed by atoms with van der Waals surface area (Å²) >= 11 is 11.3. The third-order valence-electron chi connectivity index (χ3n) is 2.30. The van der Waals surface area contributed by atoms with Gasteiger partial charge in [0.05, 0.1) is 10.9 Å². The molecule has 94 valence electrons. The molecule has 0 amide bonds. The van der Waals surface area contributed by atoms with Crippen LogP contribution < -0.4 is 4.74 Å². The number of hydrogen-bond acceptors (Lipinski definition) is 1. The summed E-state index contributed by atoms with van der Waals surface area (Å²) in [5.74, 6) is -0.709. The van der Waals surface area contributed by atoms with E-state index < -0.39 is 11.6 Å². The molecule has 1 nitrogen and oxygen atoms in total.